The summed E-state index contributed by atoms with van der Waals surface area (Å²) >= 11 is 0. The molecule has 1 amide bonds. The molecule has 1 aliphatic rings. The van der Waals surface area contributed by atoms with Gasteiger partial charge in [-0.3, -0.25) is 0 Å². The second kappa shape index (κ2) is 6.13. The van der Waals surface area contributed by atoms with Gasteiger partial charge in [0, 0.05) is 18.7 Å². The molecule has 5 heteroatoms. The summed E-state index contributed by atoms with van der Waals surface area (Å²) in [5.74, 6) is 0.935. The molecule has 2 rings (SSSR count). The molecule has 1 unspecified atom stereocenters. The van der Waals surface area contributed by atoms with E-state index in [-0.39, 0.29) is 12.1 Å². The van der Waals surface area contributed by atoms with Crippen LogP contribution in [0.1, 0.15) is 32.4 Å². The van der Waals surface area contributed by atoms with Crippen molar-refractivity contribution in [3.63, 3.8) is 0 Å². The van der Waals surface area contributed by atoms with E-state index in [0.717, 1.165) is 5.75 Å². The van der Waals surface area contributed by atoms with Crippen molar-refractivity contribution in [1.82, 2.24) is 10.6 Å². The minimum absolute atomic E-state index is 0.187. The van der Waals surface area contributed by atoms with Crippen LogP contribution in [-0.2, 0) is 4.74 Å². The first-order valence-electron chi connectivity index (χ1n) is 6.88. The van der Waals surface area contributed by atoms with Gasteiger partial charge in [0.2, 0.25) is 0 Å². The Morgan fingerprint density at radius 3 is 2.85 bits per heavy atom. The standard InChI is InChI=1S/C15H22N2O3/c1-15(2,3)20-14(18)17-9-8-16-12-10-19-13-7-5-4-6-11(12)13/h4-7,12,16H,8-10H2,1-3H3,(H,17,18). The fourth-order valence-electron chi connectivity index (χ4n) is 2.06. The van der Waals surface area contributed by atoms with Crippen molar-refractivity contribution in [2.24, 2.45) is 0 Å². The Morgan fingerprint density at radius 2 is 2.10 bits per heavy atom. The van der Waals surface area contributed by atoms with Crippen molar-refractivity contribution >= 4 is 6.09 Å². The molecule has 1 aromatic carbocycles. The molecule has 0 fully saturated rings. The van der Waals surface area contributed by atoms with Crippen molar-refractivity contribution in [3.05, 3.63) is 29.8 Å². The van der Waals surface area contributed by atoms with Gasteiger partial charge in [0.25, 0.3) is 0 Å². The zero-order valence-electron chi connectivity index (χ0n) is 12.2. The van der Waals surface area contributed by atoms with E-state index in [0.29, 0.717) is 19.7 Å². The first-order valence-corrected chi connectivity index (χ1v) is 6.88. The van der Waals surface area contributed by atoms with Crippen LogP contribution in [0.5, 0.6) is 5.75 Å². The molecule has 0 spiro atoms. The smallest absolute Gasteiger partial charge is 0.407 e. The molecule has 0 radical (unpaired) electrons. The van der Waals surface area contributed by atoms with Crippen LogP contribution < -0.4 is 15.4 Å². The SMILES string of the molecule is CC(C)(C)OC(=O)NCCNC1COc2ccccc21. The molecule has 0 aliphatic carbocycles. The van der Waals surface area contributed by atoms with E-state index in [1.165, 1.54) is 5.56 Å². The topological polar surface area (TPSA) is 59.6 Å². The van der Waals surface area contributed by atoms with Gasteiger partial charge in [-0.05, 0) is 26.8 Å². The molecule has 110 valence electrons. The maximum atomic E-state index is 11.5. The summed E-state index contributed by atoms with van der Waals surface area (Å²) in [5.41, 5.74) is 0.709. The molecular formula is C15H22N2O3. The number of rotatable bonds is 4. The highest BCUT2D eigenvalue weighted by atomic mass is 16.6. The monoisotopic (exact) mass is 278 g/mol. The highest BCUT2D eigenvalue weighted by Crippen LogP contribution is 2.31. The second-order valence-electron chi connectivity index (χ2n) is 5.78. The number of nitrogens with one attached hydrogen (secondary N) is 2. The number of para-hydroxylation sites is 1. The molecule has 1 atom stereocenters. The van der Waals surface area contributed by atoms with E-state index in [4.69, 9.17) is 9.47 Å². The fraction of sp³-hybridized carbons (Fsp3) is 0.533. The molecular weight excluding hydrogens is 256 g/mol. The van der Waals surface area contributed by atoms with Crippen LogP contribution in [0.25, 0.3) is 0 Å². The number of hydrogen-bond acceptors (Lipinski definition) is 4. The van der Waals surface area contributed by atoms with Gasteiger partial charge in [-0.2, -0.15) is 0 Å². The van der Waals surface area contributed by atoms with Crippen molar-refractivity contribution in [3.8, 4) is 5.75 Å². The minimum atomic E-state index is -0.463. The molecule has 0 aromatic heterocycles. The van der Waals surface area contributed by atoms with E-state index in [9.17, 15) is 4.79 Å². The summed E-state index contributed by atoms with van der Waals surface area (Å²) in [6.07, 6.45) is -0.387. The summed E-state index contributed by atoms with van der Waals surface area (Å²) < 4.78 is 10.7. The Labute approximate surface area is 119 Å². The molecule has 2 N–H and O–H groups in total. The van der Waals surface area contributed by atoms with Crippen LogP contribution in [0.2, 0.25) is 0 Å². The van der Waals surface area contributed by atoms with Crippen molar-refractivity contribution in [2.45, 2.75) is 32.4 Å². The Kier molecular flexibility index (Phi) is 4.49. The zero-order chi connectivity index (χ0) is 14.6. The number of benzene rings is 1. The van der Waals surface area contributed by atoms with Gasteiger partial charge in [0.1, 0.15) is 18.0 Å². The lowest BCUT2D eigenvalue weighted by molar-refractivity contribution is 0.0528. The zero-order valence-corrected chi connectivity index (χ0v) is 12.2. The lowest BCUT2D eigenvalue weighted by atomic mass is 10.1. The molecule has 0 bridgehead atoms. The largest absolute Gasteiger partial charge is 0.491 e. The summed E-state index contributed by atoms with van der Waals surface area (Å²) in [5, 5.41) is 6.08. The first kappa shape index (κ1) is 14.7. The molecule has 1 aromatic rings. The maximum absolute atomic E-state index is 11.5. The predicted molar refractivity (Wildman–Crippen MR) is 76.9 cm³/mol. The van der Waals surface area contributed by atoms with E-state index in [2.05, 4.69) is 16.7 Å². The molecule has 1 heterocycles. The fourth-order valence-corrected chi connectivity index (χ4v) is 2.06. The minimum Gasteiger partial charge on any atom is -0.491 e. The van der Waals surface area contributed by atoms with Crippen LogP contribution in [0.15, 0.2) is 24.3 Å². The Hall–Kier alpha value is -1.75. The van der Waals surface area contributed by atoms with E-state index >= 15 is 0 Å². The second-order valence-corrected chi connectivity index (χ2v) is 5.78. The van der Waals surface area contributed by atoms with Gasteiger partial charge >= 0.3 is 6.09 Å². The van der Waals surface area contributed by atoms with Crippen molar-refractivity contribution in [2.75, 3.05) is 19.7 Å². The molecule has 20 heavy (non-hydrogen) atoms. The third kappa shape index (κ3) is 4.13. The van der Waals surface area contributed by atoms with Gasteiger partial charge in [0.05, 0.1) is 6.04 Å². The summed E-state index contributed by atoms with van der Waals surface area (Å²) in [7, 11) is 0. The number of fused-ring (bicyclic) bond motifs is 1. The van der Waals surface area contributed by atoms with Crippen LogP contribution in [0.4, 0.5) is 4.79 Å². The summed E-state index contributed by atoms with van der Waals surface area (Å²) in [6, 6.07) is 8.18. The molecule has 0 saturated heterocycles. The number of amides is 1. The predicted octanol–water partition coefficient (Wildman–Crippen LogP) is 2.23. The lowest BCUT2D eigenvalue weighted by Gasteiger charge is -2.20. The van der Waals surface area contributed by atoms with Crippen LogP contribution >= 0.6 is 0 Å². The highest BCUT2D eigenvalue weighted by Gasteiger charge is 2.22. The highest BCUT2D eigenvalue weighted by molar-refractivity contribution is 5.67. The third-order valence-corrected chi connectivity index (χ3v) is 2.88. The Balaban J connectivity index is 1.69. The Bertz CT molecular complexity index is 468. The first-order chi connectivity index (χ1) is 9.46. The average Bonchev–Trinajstić information content (AvgIpc) is 2.76. The van der Waals surface area contributed by atoms with Gasteiger partial charge < -0.3 is 20.1 Å². The lowest BCUT2D eigenvalue weighted by Crippen LogP contribution is -2.37. The van der Waals surface area contributed by atoms with Crippen LogP contribution in [0, 0.1) is 0 Å². The number of carbonyl (C=O) groups excluding carboxylic acids is 1. The van der Waals surface area contributed by atoms with Crippen molar-refractivity contribution in [1.29, 1.82) is 0 Å². The number of alkyl carbamates (subject to hydrolysis) is 1. The third-order valence-electron chi connectivity index (χ3n) is 2.88. The maximum Gasteiger partial charge on any atom is 0.407 e. The quantitative estimate of drug-likeness (QED) is 0.829. The normalized spacial score (nSPS) is 17.2. The molecule has 1 aliphatic heterocycles. The average molecular weight is 278 g/mol. The Morgan fingerprint density at radius 1 is 1.35 bits per heavy atom. The number of hydrogen-bond donors (Lipinski definition) is 2. The van der Waals surface area contributed by atoms with Gasteiger partial charge in [-0.25, -0.2) is 4.79 Å². The van der Waals surface area contributed by atoms with Gasteiger partial charge in [-0.15, -0.1) is 0 Å². The number of carbonyl (C=O) groups is 1. The number of ether oxygens (including phenoxy) is 2. The van der Waals surface area contributed by atoms with E-state index in [1.807, 2.05) is 39.0 Å². The van der Waals surface area contributed by atoms with Crippen molar-refractivity contribution < 1.29 is 14.3 Å². The molecule has 5 nitrogen and oxygen atoms in total. The van der Waals surface area contributed by atoms with Crippen LogP contribution in [0.3, 0.4) is 0 Å². The molecule has 0 saturated carbocycles. The van der Waals surface area contributed by atoms with Crippen LogP contribution in [-0.4, -0.2) is 31.4 Å². The van der Waals surface area contributed by atoms with Gasteiger partial charge in [-0.1, -0.05) is 18.2 Å². The summed E-state index contributed by atoms with van der Waals surface area (Å²) in [6.45, 7) is 7.36. The summed E-state index contributed by atoms with van der Waals surface area (Å²) in [4.78, 5) is 11.5. The van der Waals surface area contributed by atoms with Gasteiger partial charge in [0.15, 0.2) is 0 Å². The van der Waals surface area contributed by atoms with E-state index < -0.39 is 5.60 Å². The van der Waals surface area contributed by atoms with E-state index in [1.54, 1.807) is 0 Å².